The van der Waals surface area contributed by atoms with E-state index in [-0.39, 0.29) is 44.1 Å². The lowest BCUT2D eigenvalue weighted by atomic mass is 10.2. The van der Waals surface area contributed by atoms with Gasteiger partial charge in [-0.25, -0.2) is 0 Å². The van der Waals surface area contributed by atoms with Crippen LogP contribution in [-0.4, -0.2) is 29.5 Å². The third kappa shape index (κ3) is 5.69. The Morgan fingerprint density at radius 1 is 1.07 bits per heavy atom. The molecule has 4 nitrogen and oxygen atoms in total. The summed E-state index contributed by atoms with van der Waals surface area (Å²) in [6.07, 6.45) is 0. The molecule has 0 atom stereocenters. The predicted octanol–water partition coefficient (Wildman–Crippen LogP) is 0.877. The van der Waals surface area contributed by atoms with E-state index < -0.39 is 0 Å². The largest absolute Gasteiger partial charge is 0.399 e. The first-order valence-corrected chi connectivity index (χ1v) is 4.10. The van der Waals surface area contributed by atoms with E-state index in [0.29, 0.717) is 5.69 Å². The second-order valence-electron chi connectivity index (χ2n) is 2.83. The van der Waals surface area contributed by atoms with Gasteiger partial charge in [0, 0.05) is 11.4 Å². The molecule has 15 heavy (non-hydrogen) atoms. The van der Waals surface area contributed by atoms with Gasteiger partial charge in [-0.05, 0) is 24.3 Å². The number of aliphatic hydroxyl groups excluding tert-OH is 2. The average molecular weight is 255 g/mol. The second kappa shape index (κ2) is 8.61. The highest BCUT2D eigenvalue weighted by Crippen LogP contribution is 2.11. The third-order valence-electron chi connectivity index (χ3n) is 1.72. The average Bonchev–Trinajstić information content (AvgIpc) is 2.17. The maximum atomic E-state index is 8.79. The number of rotatable bonds is 4. The van der Waals surface area contributed by atoms with Gasteiger partial charge in [-0.3, -0.25) is 0 Å². The summed E-state index contributed by atoms with van der Waals surface area (Å²) in [5.41, 5.74) is 7.02. The lowest BCUT2D eigenvalue weighted by molar-refractivity contribution is 0.204. The summed E-state index contributed by atoms with van der Waals surface area (Å²) in [5.74, 6) is 0. The molecular formula is C9H16Cl2N2O2. The highest BCUT2D eigenvalue weighted by atomic mass is 35.5. The third-order valence-corrected chi connectivity index (χ3v) is 1.72. The van der Waals surface area contributed by atoms with Crippen molar-refractivity contribution >= 4 is 36.2 Å². The van der Waals surface area contributed by atoms with E-state index in [9.17, 15) is 0 Å². The Morgan fingerprint density at radius 2 is 1.53 bits per heavy atom. The minimum atomic E-state index is -0.316. The van der Waals surface area contributed by atoms with Gasteiger partial charge in [-0.1, -0.05) is 0 Å². The van der Waals surface area contributed by atoms with Gasteiger partial charge in [-0.15, -0.1) is 24.8 Å². The summed E-state index contributed by atoms with van der Waals surface area (Å²) in [5, 5.41) is 20.5. The number of nitrogen functional groups attached to an aromatic ring is 1. The molecule has 0 bridgehead atoms. The van der Waals surface area contributed by atoms with Crippen LogP contribution in [0.3, 0.4) is 0 Å². The molecule has 0 spiro atoms. The molecule has 0 saturated carbocycles. The van der Waals surface area contributed by atoms with Crippen molar-refractivity contribution in [1.82, 2.24) is 0 Å². The van der Waals surface area contributed by atoms with Crippen LogP contribution in [0.25, 0.3) is 0 Å². The molecule has 0 saturated heterocycles. The number of halogens is 2. The summed E-state index contributed by atoms with van der Waals surface area (Å²) in [6, 6.07) is 6.80. The molecule has 1 aromatic carbocycles. The van der Waals surface area contributed by atoms with Crippen LogP contribution in [0.1, 0.15) is 0 Å². The van der Waals surface area contributed by atoms with Crippen LogP contribution in [0.5, 0.6) is 0 Å². The van der Waals surface area contributed by atoms with E-state index in [1.165, 1.54) is 0 Å². The van der Waals surface area contributed by atoms with Crippen molar-refractivity contribution in [2.24, 2.45) is 0 Å². The van der Waals surface area contributed by atoms with E-state index in [2.05, 4.69) is 5.32 Å². The van der Waals surface area contributed by atoms with E-state index in [0.717, 1.165) is 5.69 Å². The summed E-state index contributed by atoms with van der Waals surface area (Å²) in [6.45, 7) is -0.193. The van der Waals surface area contributed by atoms with Gasteiger partial charge in [0.15, 0.2) is 0 Å². The molecule has 0 aliphatic carbocycles. The molecule has 0 aliphatic heterocycles. The van der Waals surface area contributed by atoms with Crippen LogP contribution in [0.15, 0.2) is 24.3 Å². The molecular weight excluding hydrogens is 239 g/mol. The summed E-state index contributed by atoms with van der Waals surface area (Å²) >= 11 is 0. The van der Waals surface area contributed by atoms with Gasteiger partial charge < -0.3 is 21.3 Å². The first kappa shape index (κ1) is 16.7. The van der Waals surface area contributed by atoms with Crippen LogP contribution in [0.4, 0.5) is 11.4 Å². The molecule has 0 aliphatic rings. The fourth-order valence-corrected chi connectivity index (χ4v) is 0.964. The molecule has 5 N–H and O–H groups in total. The number of nitrogens with one attached hydrogen (secondary N) is 1. The lowest BCUT2D eigenvalue weighted by Gasteiger charge is -2.14. The SMILES string of the molecule is Cl.Cl.Nc1ccc(NC(CO)CO)cc1. The summed E-state index contributed by atoms with van der Waals surface area (Å²) in [4.78, 5) is 0. The predicted molar refractivity (Wildman–Crippen MR) is 66.9 cm³/mol. The minimum absolute atomic E-state index is 0. The Hall–Kier alpha value is -0.680. The van der Waals surface area contributed by atoms with Gasteiger partial charge in [0.25, 0.3) is 0 Å². The topological polar surface area (TPSA) is 78.5 Å². The maximum Gasteiger partial charge on any atom is 0.0723 e. The first-order chi connectivity index (χ1) is 6.26. The zero-order valence-corrected chi connectivity index (χ0v) is 9.72. The van der Waals surface area contributed by atoms with Gasteiger partial charge >= 0.3 is 0 Å². The van der Waals surface area contributed by atoms with E-state index in [1.54, 1.807) is 24.3 Å². The molecule has 0 fully saturated rings. The van der Waals surface area contributed by atoms with Crippen molar-refractivity contribution in [3.63, 3.8) is 0 Å². The van der Waals surface area contributed by atoms with E-state index in [4.69, 9.17) is 15.9 Å². The lowest BCUT2D eigenvalue weighted by Crippen LogP contribution is -2.27. The fraction of sp³-hybridized carbons (Fsp3) is 0.333. The minimum Gasteiger partial charge on any atom is -0.399 e. The van der Waals surface area contributed by atoms with Crippen molar-refractivity contribution in [3.05, 3.63) is 24.3 Å². The number of aliphatic hydroxyl groups is 2. The molecule has 88 valence electrons. The van der Waals surface area contributed by atoms with E-state index >= 15 is 0 Å². The monoisotopic (exact) mass is 254 g/mol. The molecule has 0 unspecified atom stereocenters. The van der Waals surface area contributed by atoms with Gasteiger partial charge in [0.05, 0.1) is 19.3 Å². The normalized spacial score (nSPS) is 9.00. The standard InChI is InChI=1S/C9H14N2O2.2ClH/c10-7-1-3-8(4-2-7)11-9(5-12)6-13;;/h1-4,9,11-13H,5-6,10H2;2*1H. The van der Waals surface area contributed by atoms with Crippen molar-refractivity contribution < 1.29 is 10.2 Å². The fourth-order valence-electron chi connectivity index (χ4n) is 0.964. The highest BCUT2D eigenvalue weighted by molar-refractivity contribution is 5.85. The van der Waals surface area contributed by atoms with Crippen molar-refractivity contribution in [1.29, 1.82) is 0 Å². The van der Waals surface area contributed by atoms with Crippen LogP contribution >= 0.6 is 24.8 Å². The zero-order valence-electron chi connectivity index (χ0n) is 8.09. The highest BCUT2D eigenvalue weighted by Gasteiger charge is 2.03. The molecule has 6 heteroatoms. The Balaban J connectivity index is 0. The number of benzene rings is 1. The first-order valence-electron chi connectivity index (χ1n) is 4.10. The number of nitrogens with two attached hydrogens (primary N) is 1. The molecule has 1 aromatic rings. The maximum absolute atomic E-state index is 8.79. The van der Waals surface area contributed by atoms with Gasteiger partial charge in [0.2, 0.25) is 0 Å². The number of hydrogen-bond donors (Lipinski definition) is 4. The second-order valence-corrected chi connectivity index (χ2v) is 2.83. The molecule has 0 radical (unpaired) electrons. The zero-order chi connectivity index (χ0) is 9.68. The molecule has 0 aromatic heterocycles. The number of hydrogen-bond acceptors (Lipinski definition) is 4. The van der Waals surface area contributed by atoms with Gasteiger partial charge in [-0.2, -0.15) is 0 Å². The Labute approximate surface area is 101 Å². The Morgan fingerprint density at radius 3 is 1.93 bits per heavy atom. The van der Waals surface area contributed by atoms with Crippen molar-refractivity contribution in [2.75, 3.05) is 24.3 Å². The van der Waals surface area contributed by atoms with Crippen LogP contribution < -0.4 is 11.1 Å². The van der Waals surface area contributed by atoms with Crippen LogP contribution in [0, 0.1) is 0 Å². The quantitative estimate of drug-likeness (QED) is 0.602. The number of anilines is 2. The van der Waals surface area contributed by atoms with Crippen LogP contribution in [-0.2, 0) is 0 Å². The van der Waals surface area contributed by atoms with Crippen molar-refractivity contribution in [3.8, 4) is 0 Å². The molecule has 0 amide bonds. The summed E-state index contributed by atoms with van der Waals surface area (Å²) < 4.78 is 0. The van der Waals surface area contributed by atoms with E-state index in [1.807, 2.05) is 0 Å². The Bertz CT molecular complexity index is 253. The smallest absolute Gasteiger partial charge is 0.0723 e. The van der Waals surface area contributed by atoms with Gasteiger partial charge in [0.1, 0.15) is 0 Å². The Kier molecular flexibility index (Phi) is 9.61. The molecule has 1 rings (SSSR count). The molecule has 0 heterocycles. The summed E-state index contributed by atoms with van der Waals surface area (Å²) in [7, 11) is 0. The van der Waals surface area contributed by atoms with Crippen LogP contribution in [0.2, 0.25) is 0 Å². The van der Waals surface area contributed by atoms with Crippen molar-refractivity contribution in [2.45, 2.75) is 6.04 Å².